The summed E-state index contributed by atoms with van der Waals surface area (Å²) in [7, 11) is 0. The van der Waals surface area contributed by atoms with E-state index in [2.05, 4.69) is 0 Å². The Labute approximate surface area is 118 Å². The molecule has 20 heavy (non-hydrogen) atoms. The first-order valence-electron chi connectivity index (χ1n) is 6.67. The summed E-state index contributed by atoms with van der Waals surface area (Å²) >= 11 is 0. The number of nitrogens with zero attached hydrogens (tertiary/aromatic N) is 1. The van der Waals surface area contributed by atoms with Crippen molar-refractivity contribution in [3.63, 3.8) is 0 Å². The average molecular weight is 273 g/mol. The maximum Gasteiger partial charge on any atom is 0.325 e. The molecule has 0 aliphatic heterocycles. The zero-order chi connectivity index (χ0) is 14.5. The molecule has 0 aliphatic carbocycles. The molecule has 0 spiro atoms. The fourth-order valence-electron chi connectivity index (χ4n) is 2.38. The van der Waals surface area contributed by atoms with Crippen LogP contribution < -0.4 is 0 Å². The first-order valence-corrected chi connectivity index (χ1v) is 6.67. The molecule has 1 unspecified atom stereocenters. The summed E-state index contributed by atoms with van der Waals surface area (Å²) in [6.07, 6.45) is 3.26. The molecule has 0 radical (unpaired) electrons. The number of carboxylic acid groups (broad SMARTS) is 1. The second kappa shape index (κ2) is 6.39. The first-order chi connectivity index (χ1) is 9.63. The highest BCUT2D eigenvalue weighted by molar-refractivity contribution is 5.76. The number of hydrogen-bond acceptors (Lipinski definition) is 3. The molecule has 0 saturated heterocycles. The number of furan rings is 1. The molecule has 2 rings (SSSR count). The molecule has 1 N–H and O–H groups in total. The normalized spacial score (nSPS) is 12.6. The fourth-order valence-corrected chi connectivity index (χ4v) is 2.38. The van der Waals surface area contributed by atoms with Crippen LogP contribution in [0.4, 0.5) is 0 Å². The second-order valence-corrected chi connectivity index (χ2v) is 4.79. The van der Waals surface area contributed by atoms with Gasteiger partial charge in [0.15, 0.2) is 0 Å². The molecule has 4 nitrogen and oxygen atoms in total. The Kier molecular flexibility index (Phi) is 4.58. The molecule has 0 aliphatic rings. The van der Waals surface area contributed by atoms with Crippen LogP contribution in [-0.4, -0.2) is 22.5 Å². The Hall–Kier alpha value is -2.07. The van der Waals surface area contributed by atoms with Crippen LogP contribution in [0.15, 0.2) is 47.3 Å². The number of likely N-dealkylation sites (N-methyl/N-ethyl adjacent to an activating group) is 1. The maximum atomic E-state index is 11.7. The van der Waals surface area contributed by atoms with Gasteiger partial charge in [0.1, 0.15) is 6.04 Å². The van der Waals surface area contributed by atoms with E-state index in [1.54, 1.807) is 12.5 Å². The minimum absolute atomic E-state index is 0.554. The third-order valence-electron chi connectivity index (χ3n) is 3.45. The molecular formula is C16H19NO3. The molecule has 1 aromatic carbocycles. The quantitative estimate of drug-likeness (QED) is 0.878. The summed E-state index contributed by atoms with van der Waals surface area (Å²) in [5, 5.41) is 9.62. The minimum atomic E-state index is -0.829. The number of hydrogen-bond donors (Lipinski definition) is 1. The zero-order valence-corrected chi connectivity index (χ0v) is 11.7. The standard InChI is InChI=1S/C16H19NO3/c1-3-17(10-13-8-9-20-11-13)15(16(18)19)14-7-5-4-6-12(14)2/h4-9,11,15H,3,10H2,1-2H3,(H,18,19). The number of aryl methyl sites for hydroxylation is 1. The van der Waals surface area contributed by atoms with E-state index >= 15 is 0 Å². The highest BCUT2D eigenvalue weighted by Crippen LogP contribution is 2.25. The van der Waals surface area contributed by atoms with Crippen molar-refractivity contribution in [3.05, 3.63) is 59.5 Å². The smallest absolute Gasteiger partial charge is 0.325 e. The summed E-state index contributed by atoms with van der Waals surface area (Å²) in [5.41, 5.74) is 2.81. The van der Waals surface area contributed by atoms with Crippen LogP contribution in [0.25, 0.3) is 0 Å². The van der Waals surface area contributed by atoms with E-state index in [1.165, 1.54) is 0 Å². The van der Waals surface area contributed by atoms with Crippen LogP contribution >= 0.6 is 0 Å². The lowest BCUT2D eigenvalue weighted by molar-refractivity contribution is -0.143. The largest absolute Gasteiger partial charge is 0.480 e. The van der Waals surface area contributed by atoms with Gasteiger partial charge in [0.05, 0.1) is 12.5 Å². The van der Waals surface area contributed by atoms with Gasteiger partial charge in [-0.3, -0.25) is 9.69 Å². The van der Waals surface area contributed by atoms with E-state index in [-0.39, 0.29) is 0 Å². The number of benzene rings is 1. The molecule has 0 amide bonds. The van der Waals surface area contributed by atoms with Crippen molar-refractivity contribution in [1.82, 2.24) is 4.90 Å². The molecule has 1 atom stereocenters. The van der Waals surface area contributed by atoms with Gasteiger partial charge >= 0.3 is 5.97 Å². The fraction of sp³-hybridized carbons (Fsp3) is 0.312. The van der Waals surface area contributed by atoms with Crippen LogP contribution in [0, 0.1) is 6.92 Å². The summed E-state index contributed by atoms with van der Waals surface area (Å²) in [4.78, 5) is 13.6. The molecule has 0 saturated carbocycles. The number of carbonyl (C=O) groups is 1. The van der Waals surface area contributed by atoms with Gasteiger partial charge in [-0.15, -0.1) is 0 Å². The Bertz CT molecular complexity index is 563. The van der Waals surface area contributed by atoms with Crippen molar-refractivity contribution in [2.45, 2.75) is 26.4 Å². The number of carboxylic acids is 1. The van der Waals surface area contributed by atoms with Crippen molar-refractivity contribution in [2.75, 3.05) is 6.54 Å². The van der Waals surface area contributed by atoms with Crippen LogP contribution in [0.5, 0.6) is 0 Å². The lowest BCUT2D eigenvalue weighted by atomic mass is 9.99. The molecule has 4 heteroatoms. The Balaban J connectivity index is 2.31. The highest BCUT2D eigenvalue weighted by atomic mass is 16.4. The average Bonchev–Trinajstić information content (AvgIpc) is 2.92. The van der Waals surface area contributed by atoms with Gasteiger partial charge in [0.25, 0.3) is 0 Å². The van der Waals surface area contributed by atoms with E-state index in [0.29, 0.717) is 13.1 Å². The zero-order valence-electron chi connectivity index (χ0n) is 11.7. The summed E-state index contributed by atoms with van der Waals surface area (Å²) in [6, 6.07) is 8.84. The molecule has 0 bridgehead atoms. The Morgan fingerprint density at radius 1 is 1.35 bits per heavy atom. The topological polar surface area (TPSA) is 53.7 Å². The van der Waals surface area contributed by atoms with Crippen molar-refractivity contribution in [1.29, 1.82) is 0 Å². The number of aliphatic carboxylic acids is 1. The molecular weight excluding hydrogens is 254 g/mol. The first kappa shape index (κ1) is 14.3. The third-order valence-corrected chi connectivity index (χ3v) is 3.45. The lowest BCUT2D eigenvalue weighted by Gasteiger charge is -2.28. The molecule has 2 aromatic rings. The molecule has 106 valence electrons. The van der Waals surface area contributed by atoms with Crippen molar-refractivity contribution in [2.24, 2.45) is 0 Å². The predicted molar refractivity (Wildman–Crippen MR) is 76.3 cm³/mol. The van der Waals surface area contributed by atoms with E-state index in [4.69, 9.17) is 4.42 Å². The van der Waals surface area contributed by atoms with Gasteiger partial charge in [-0.1, -0.05) is 31.2 Å². The van der Waals surface area contributed by atoms with Crippen molar-refractivity contribution in [3.8, 4) is 0 Å². The van der Waals surface area contributed by atoms with Crippen LogP contribution in [0.2, 0.25) is 0 Å². The van der Waals surface area contributed by atoms with E-state index in [9.17, 15) is 9.90 Å². The third kappa shape index (κ3) is 3.08. The predicted octanol–water partition coefficient (Wildman–Crippen LogP) is 3.24. The summed E-state index contributed by atoms with van der Waals surface area (Å²) < 4.78 is 5.06. The van der Waals surface area contributed by atoms with Gasteiger partial charge in [-0.25, -0.2) is 0 Å². The molecule has 0 fully saturated rings. The van der Waals surface area contributed by atoms with E-state index in [1.807, 2.05) is 49.1 Å². The van der Waals surface area contributed by atoms with E-state index < -0.39 is 12.0 Å². The van der Waals surface area contributed by atoms with Crippen LogP contribution in [0.3, 0.4) is 0 Å². The van der Waals surface area contributed by atoms with E-state index in [0.717, 1.165) is 16.7 Å². The van der Waals surface area contributed by atoms with Crippen molar-refractivity contribution < 1.29 is 14.3 Å². The monoisotopic (exact) mass is 273 g/mol. The van der Waals surface area contributed by atoms with Gasteiger partial charge in [-0.2, -0.15) is 0 Å². The maximum absolute atomic E-state index is 11.7. The SMILES string of the molecule is CCN(Cc1ccoc1)C(C(=O)O)c1ccccc1C. The van der Waals surface area contributed by atoms with Crippen LogP contribution in [0.1, 0.15) is 29.7 Å². The molecule has 1 aromatic heterocycles. The van der Waals surface area contributed by atoms with Gasteiger partial charge in [0, 0.05) is 12.1 Å². The minimum Gasteiger partial charge on any atom is -0.480 e. The van der Waals surface area contributed by atoms with Crippen LogP contribution in [-0.2, 0) is 11.3 Å². The Morgan fingerprint density at radius 3 is 2.65 bits per heavy atom. The summed E-state index contributed by atoms with van der Waals surface area (Å²) in [6.45, 7) is 5.11. The Morgan fingerprint density at radius 2 is 2.10 bits per heavy atom. The lowest BCUT2D eigenvalue weighted by Crippen LogP contribution is -2.34. The number of rotatable bonds is 6. The second-order valence-electron chi connectivity index (χ2n) is 4.79. The van der Waals surface area contributed by atoms with Gasteiger partial charge < -0.3 is 9.52 Å². The highest BCUT2D eigenvalue weighted by Gasteiger charge is 2.27. The van der Waals surface area contributed by atoms with Gasteiger partial charge in [-0.05, 0) is 30.7 Å². The molecule has 1 heterocycles. The van der Waals surface area contributed by atoms with Crippen molar-refractivity contribution >= 4 is 5.97 Å². The van der Waals surface area contributed by atoms with Gasteiger partial charge in [0.2, 0.25) is 0 Å². The summed E-state index contributed by atoms with van der Waals surface area (Å²) in [5.74, 6) is -0.829.